The molecule has 0 aromatic rings. The van der Waals surface area contributed by atoms with E-state index in [0.717, 1.165) is 0 Å². The first kappa shape index (κ1) is 17.5. The maximum absolute atomic E-state index is 11.8. The summed E-state index contributed by atoms with van der Waals surface area (Å²) in [7, 11) is 0. The predicted octanol–water partition coefficient (Wildman–Crippen LogP) is 2.40. The number of carbonyl (C=O) groups excluding carboxylic acids is 2. The molecule has 0 aliphatic rings. The Balaban J connectivity index is 3.67. The molecule has 1 amide bonds. The normalized spacial score (nSPS) is 11.9. The summed E-state index contributed by atoms with van der Waals surface area (Å²) in [4.78, 5) is 22.1. The summed E-state index contributed by atoms with van der Waals surface area (Å²) in [5.41, 5.74) is -0.702. The average molecular weight is 285 g/mol. The number of amides is 1. The monoisotopic (exact) mass is 285 g/mol. The standard InChI is InChI=1S/C11H18F3NO4/c1-10(2,3)19-9(17)18-7-4-8(16)15-6-5-11(12,13)14/h4-7H2,1-3H3,(H,15,16). The first-order valence-corrected chi connectivity index (χ1v) is 5.69. The van der Waals surface area contributed by atoms with Crippen LogP contribution in [0.3, 0.4) is 0 Å². The van der Waals surface area contributed by atoms with Gasteiger partial charge in [-0.15, -0.1) is 0 Å². The quantitative estimate of drug-likeness (QED) is 0.788. The van der Waals surface area contributed by atoms with Crippen LogP contribution in [0.4, 0.5) is 18.0 Å². The minimum Gasteiger partial charge on any atom is -0.434 e. The molecule has 0 radical (unpaired) electrons. The van der Waals surface area contributed by atoms with Gasteiger partial charge in [-0.25, -0.2) is 4.79 Å². The Morgan fingerprint density at radius 3 is 2.21 bits per heavy atom. The minimum absolute atomic E-state index is 0.211. The van der Waals surface area contributed by atoms with Gasteiger partial charge in [-0.05, 0) is 20.8 Å². The third-order valence-corrected chi connectivity index (χ3v) is 1.67. The molecule has 0 rings (SSSR count). The molecule has 0 aromatic carbocycles. The largest absolute Gasteiger partial charge is 0.508 e. The molecular weight excluding hydrogens is 267 g/mol. The van der Waals surface area contributed by atoms with Gasteiger partial charge in [0.2, 0.25) is 5.91 Å². The maximum atomic E-state index is 11.8. The molecule has 112 valence electrons. The SMILES string of the molecule is CC(C)(C)OC(=O)OCCC(=O)NCCC(F)(F)F. The van der Waals surface area contributed by atoms with Crippen molar-refractivity contribution in [2.24, 2.45) is 0 Å². The summed E-state index contributed by atoms with van der Waals surface area (Å²) in [5.74, 6) is -0.618. The number of halogens is 3. The zero-order valence-electron chi connectivity index (χ0n) is 11.1. The van der Waals surface area contributed by atoms with Crippen LogP contribution in [0.2, 0.25) is 0 Å². The molecule has 5 nitrogen and oxygen atoms in total. The van der Waals surface area contributed by atoms with Crippen LogP contribution >= 0.6 is 0 Å². The molecule has 0 bridgehead atoms. The Morgan fingerprint density at radius 2 is 1.74 bits per heavy atom. The molecule has 0 saturated carbocycles. The maximum Gasteiger partial charge on any atom is 0.508 e. The van der Waals surface area contributed by atoms with Crippen molar-refractivity contribution in [3.05, 3.63) is 0 Å². The Labute approximate surface area is 109 Å². The molecule has 0 saturated heterocycles. The van der Waals surface area contributed by atoms with Crippen LogP contribution < -0.4 is 5.32 Å². The second-order valence-corrected chi connectivity index (χ2v) is 4.78. The van der Waals surface area contributed by atoms with E-state index in [9.17, 15) is 22.8 Å². The number of carbonyl (C=O) groups is 2. The van der Waals surface area contributed by atoms with Crippen molar-refractivity contribution in [3.63, 3.8) is 0 Å². The number of alkyl halides is 3. The molecule has 0 atom stereocenters. The van der Waals surface area contributed by atoms with Crippen LogP contribution in [0.1, 0.15) is 33.6 Å². The number of hydrogen-bond acceptors (Lipinski definition) is 4. The molecule has 0 heterocycles. The van der Waals surface area contributed by atoms with Crippen molar-refractivity contribution < 1.29 is 32.2 Å². The van der Waals surface area contributed by atoms with Gasteiger partial charge in [0.05, 0.1) is 12.8 Å². The first-order valence-electron chi connectivity index (χ1n) is 5.69. The van der Waals surface area contributed by atoms with Gasteiger partial charge in [0.15, 0.2) is 0 Å². The lowest BCUT2D eigenvalue weighted by Crippen LogP contribution is -2.29. The molecule has 0 aliphatic carbocycles. The highest BCUT2D eigenvalue weighted by molar-refractivity contribution is 5.76. The fourth-order valence-corrected chi connectivity index (χ4v) is 0.939. The van der Waals surface area contributed by atoms with E-state index < -0.39 is 36.8 Å². The van der Waals surface area contributed by atoms with E-state index in [1.54, 1.807) is 20.8 Å². The van der Waals surface area contributed by atoms with Gasteiger partial charge in [-0.2, -0.15) is 13.2 Å². The molecule has 0 aliphatic heterocycles. The van der Waals surface area contributed by atoms with Gasteiger partial charge in [0, 0.05) is 6.54 Å². The first-order chi connectivity index (χ1) is 8.49. The van der Waals surface area contributed by atoms with E-state index in [0.29, 0.717) is 0 Å². The number of hydrogen-bond donors (Lipinski definition) is 1. The molecule has 0 fully saturated rings. The van der Waals surface area contributed by atoms with Crippen LogP contribution in [-0.4, -0.2) is 37.0 Å². The van der Waals surface area contributed by atoms with Gasteiger partial charge < -0.3 is 14.8 Å². The lowest BCUT2D eigenvalue weighted by molar-refractivity contribution is -0.135. The number of rotatable bonds is 5. The zero-order valence-corrected chi connectivity index (χ0v) is 11.1. The van der Waals surface area contributed by atoms with E-state index in [4.69, 9.17) is 4.74 Å². The van der Waals surface area contributed by atoms with Crippen molar-refractivity contribution in [3.8, 4) is 0 Å². The summed E-state index contributed by atoms with van der Waals surface area (Å²) < 4.78 is 44.7. The van der Waals surface area contributed by atoms with E-state index in [2.05, 4.69) is 10.1 Å². The molecular formula is C11H18F3NO4. The second-order valence-electron chi connectivity index (χ2n) is 4.78. The molecule has 1 N–H and O–H groups in total. The molecule has 0 aromatic heterocycles. The highest BCUT2D eigenvalue weighted by atomic mass is 19.4. The Kier molecular flexibility index (Phi) is 6.64. The van der Waals surface area contributed by atoms with Crippen molar-refractivity contribution in [1.82, 2.24) is 5.32 Å². The van der Waals surface area contributed by atoms with Crippen molar-refractivity contribution in [2.45, 2.75) is 45.4 Å². The summed E-state index contributed by atoms with van der Waals surface area (Å²) >= 11 is 0. The van der Waals surface area contributed by atoms with Crippen LogP contribution in [0.25, 0.3) is 0 Å². The lowest BCUT2D eigenvalue weighted by atomic mass is 10.2. The Morgan fingerprint density at radius 1 is 1.16 bits per heavy atom. The van der Waals surface area contributed by atoms with E-state index in [-0.39, 0.29) is 13.0 Å². The predicted molar refractivity (Wildman–Crippen MR) is 60.5 cm³/mol. The van der Waals surface area contributed by atoms with Gasteiger partial charge in [0.25, 0.3) is 0 Å². The van der Waals surface area contributed by atoms with Gasteiger partial charge in [-0.3, -0.25) is 4.79 Å². The fourth-order valence-electron chi connectivity index (χ4n) is 0.939. The molecule has 19 heavy (non-hydrogen) atoms. The van der Waals surface area contributed by atoms with Crippen molar-refractivity contribution >= 4 is 12.1 Å². The fraction of sp³-hybridized carbons (Fsp3) is 0.818. The van der Waals surface area contributed by atoms with E-state index >= 15 is 0 Å². The average Bonchev–Trinajstić information content (AvgIpc) is 2.12. The minimum atomic E-state index is -4.31. The van der Waals surface area contributed by atoms with Crippen LogP contribution in [0.15, 0.2) is 0 Å². The molecule has 0 unspecified atom stereocenters. The zero-order chi connectivity index (χ0) is 15.1. The second kappa shape index (κ2) is 7.20. The van der Waals surface area contributed by atoms with Crippen LogP contribution in [-0.2, 0) is 14.3 Å². The Hall–Kier alpha value is -1.47. The van der Waals surface area contributed by atoms with Crippen molar-refractivity contribution in [2.75, 3.05) is 13.2 Å². The van der Waals surface area contributed by atoms with Crippen LogP contribution in [0.5, 0.6) is 0 Å². The highest BCUT2D eigenvalue weighted by Crippen LogP contribution is 2.18. The number of ether oxygens (including phenoxy) is 2. The molecule has 8 heteroatoms. The van der Waals surface area contributed by atoms with Gasteiger partial charge in [-0.1, -0.05) is 0 Å². The van der Waals surface area contributed by atoms with Gasteiger partial charge in [0.1, 0.15) is 12.2 Å². The Bertz CT molecular complexity index is 310. The van der Waals surface area contributed by atoms with Gasteiger partial charge >= 0.3 is 12.3 Å². The summed E-state index contributed by atoms with van der Waals surface area (Å²) in [6.45, 7) is 4.22. The molecule has 0 spiro atoms. The smallest absolute Gasteiger partial charge is 0.434 e. The van der Waals surface area contributed by atoms with E-state index in [1.165, 1.54) is 0 Å². The lowest BCUT2D eigenvalue weighted by Gasteiger charge is -2.18. The summed E-state index contributed by atoms with van der Waals surface area (Å²) in [6.07, 6.45) is -6.53. The van der Waals surface area contributed by atoms with Crippen molar-refractivity contribution in [1.29, 1.82) is 0 Å². The number of nitrogens with one attached hydrogen (secondary N) is 1. The topological polar surface area (TPSA) is 64.6 Å². The van der Waals surface area contributed by atoms with Crippen LogP contribution in [0, 0.1) is 0 Å². The highest BCUT2D eigenvalue weighted by Gasteiger charge is 2.26. The third-order valence-electron chi connectivity index (χ3n) is 1.67. The summed E-state index contributed by atoms with van der Waals surface area (Å²) in [6, 6.07) is 0. The summed E-state index contributed by atoms with van der Waals surface area (Å²) in [5, 5.41) is 2.07. The third kappa shape index (κ3) is 12.8. The van der Waals surface area contributed by atoms with E-state index in [1.807, 2.05) is 0 Å².